The maximum Gasteiger partial charge on any atom is 0.170 e. The molecular weight excluding hydrogens is 314 g/mol. The summed E-state index contributed by atoms with van der Waals surface area (Å²) in [5.74, 6) is 1.28. The summed E-state index contributed by atoms with van der Waals surface area (Å²) in [5, 5.41) is 12.3. The molecule has 0 amide bonds. The molecule has 18 heavy (non-hydrogen) atoms. The molecule has 98 valence electrons. The van der Waals surface area contributed by atoms with E-state index in [4.69, 9.17) is 10.9 Å². The van der Waals surface area contributed by atoms with Crippen LogP contribution in [-0.4, -0.2) is 35.1 Å². The van der Waals surface area contributed by atoms with E-state index in [1.165, 1.54) is 0 Å². The Morgan fingerprint density at radius 3 is 3.00 bits per heavy atom. The second-order valence-electron chi connectivity index (χ2n) is 4.28. The molecule has 0 bridgehead atoms. The molecule has 2 rings (SSSR count). The van der Waals surface area contributed by atoms with Gasteiger partial charge in [-0.25, -0.2) is 0 Å². The van der Waals surface area contributed by atoms with Crippen molar-refractivity contribution >= 4 is 39.2 Å². The standard InChI is InChI=1S/C12H16BrN3OS/c1-8-7-16(4-5-18-8)11-3-2-9(6-10(11)13)12(14)15-17/h2-3,6,8,17H,4-5,7H2,1H3,(H2,14,15). The van der Waals surface area contributed by atoms with Crippen molar-refractivity contribution in [2.24, 2.45) is 10.9 Å². The number of anilines is 1. The van der Waals surface area contributed by atoms with Crippen LogP contribution in [-0.2, 0) is 0 Å². The zero-order chi connectivity index (χ0) is 13.1. The molecule has 1 saturated heterocycles. The smallest absolute Gasteiger partial charge is 0.170 e. The highest BCUT2D eigenvalue weighted by Crippen LogP contribution is 2.30. The predicted molar refractivity (Wildman–Crippen MR) is 80.8 cm³/mol. The van der Waals surface area contributed by atoms with E-state index < -0.39 is 0 Å². The van der Waals surface area contributed by atoms with Crippen molar-refractivity contribution in [3.8, 4) is 0 Å². The lowest BCUT2D eigenvalue weighted by Gasteiger charge is -2.33. The first kappa shape index (κ1) is 13.5. The van der Waals surface area contributed by atoms with Crippen molar-refractivity contribution in [1.29, 1.82) is 0 Å². The van der Waals surface area contributed by atoms with Crippen LogP contribution in [0.15, 0.2) is 27.8 Å². The maximum atomic E-state index is 8.67. The molecule has 0 aromatic heterocycles. The number of rotatable bonds is 2. The first-order valence-corrected chi connectivity index (χ1v) is 7.60. The van der Waals surface area contributed by atoms with Crippen LogP contribution in [0.4, 0.5) is 5.69 Å². The topological polar surface area (TPSA) is 61.8 Å². The lowest BCUT2D eigenvalue weighted by molar-refractivity contribution is 0.318. The number of amidine groups is 1. The number of halogens is 1. The van der Waals surface area contributed by atoms with E-state index in [2.05, 4.69) is 32.9 Å². The number of hydrogen-bond donors (Lipinski definition) is 2. The molecule has 1 unspecified atom stereocenters. The highest BCUT2D eigenvalue weighted by molar-refractivity contribution is 9.10. The molecule has 1 atom stereocenters. The van der Waals surface area contributed by atoms with Gasteiger partial charge < -0.3 is 15.8 Å². The fraction of sp³-hybridized carbons (Fsp3) is 0.417. The zero-order valence-corrected chi connectivity index (χ0v) is 12.5. The zero-order valence-electron chi connectivity index (χ0n) is 10.1. The van der Waals surface area contributed by atoms with Crippen LogP contribution in [0.3, 0.4) is 0 Å². The van der Waals surface area contributed by atoms with Gasteiger partial charge in [0.25, 0.3) is 0 Å². The molecule has 0 spiro atoms. The van der Waals surface area contributed by atoms with Gasteiger partial charge in [-0.2, -0.15) is 11.8 Å². The van der Waals surface area contributed by atoms with E-state index in [0.717, 1.165) is 29.0 Å². The second-order valence-corrected chi connectivity index (χ2v) is 6.68. The van der Waals surface area contributed by atoms with Crippen molar-refractivity contribution in [1.82, 2.24) is 0 Å². The fourth-order valence-corrected chi connectivity index (χ4v) is 3.66. The monoisotopic (exact) mass is 329 g/mol. The summed E-state index contributed by atoms with van der Waals surface area (Å²) in [5.41, 5.74) is 7.45. The summed E-state index contributed by atoms with van der Waals surface area (Å²) in [4.78, 5) is 2.36. The van der Waals surface area contributed by atoms with Gasteiger partial charge in [-0.3, -0.25) is 0 Å². The molecule has 1 fully saturated rings. The van der Waals surface area contributed by atoms with Crippen molar-refractivity contribution < 1.29 is 5.21 Å². The molecule has 0 radical (unpaired) electrons. The number of hydrogen-bond acceptors (Lipinski definition) is 4. The normalized spacial score (nSPS) is 21.1. The minimum Gasteiger partial charge on any atom is -0.409 e. The quantitative estimate of drug-likeness (QED) is 0.379. The van der Waals surface area contributed by atoms with Crippen LogP contribution in [0.25, 0.3) is 0 Å². The van der Waals surface area contributed by atoms with Gasteiger partial charge in [-0.1, -0.05) is 12.1 Å². The summed E-state index contributed by atoms with van der Waals surface area (Å²) in [6.07, 6.45) is 0. The first-order chi connectivity index (χ1) is 8.61. The highest BCUT2D eigenvalue weighted by atomic mass is 79.9. The van der Waals surface area contributed by atoms with E-state index in [0.29, 0.717) is 10.8 Å². The molecule has 1 heterocycles. The Balaban J connectivity index is 2.24. The van der Waals surface area contributed by atoms with Crippen LogP contribution < -0.4 is 10.6 Å². The average Bonchev–Trinajstić information content (AvgIpc) is 2.37. The average molecular weight is 330 g/mol. The Hall–Kier alpha value is -0.880. The summed E-state index contributed by atoms with van der Waals surface area (Å²) >= 11 is 5.56. The number of nitrogens with zero attached hydrogens (tertiary/aromatic N) is 2. The molecule has 0 aliphatic carbocycles. The molecular formula is C12H16BrN3OS. The lowest BCUT2D eigenvalue weighted by atomic mass is 10.1. The van der Waals surface area contributed by atoms with Crippen LogP contribution in [0.5, 0.6) is 0 Å². The Morgan fingerprint density at radius 1 is 1.61 bits per heavy atom. The van der Waals surface area contributed by atoms with Gasteiger partial charge in [0.05, 0.1) is 5.69 Å². The Kier molecular flexibility index (Phi) is 4.40. The molecule has 1 aromatic carbocycles. The highest BCUT2D eigenvalue weighted by Gasteiger charge is 2.19. The van der Waals surface area contributed by atoms with E-state index in [1.807, 2.05) is 30.0 Å². The Morgan fingerprint density at radius 2 is 2.39 bits per heavy atom. The third-order valence-corrected chi connectivity index (χ3v) is 4.70. The molecule has 0 saturated carbocycles. The van der Waals surface area contributed by atoms with E-state index >= 15 is 0 Å². The van der Waals surface area contributed by atoms with Gasteiger partial charge in [-0.15, -0.1) is 0 Å². The Labute approximate surface area is 119 Å². The van der Waals surface area contributed by atoms with Gasteiger partial charge in [0.2, 0.25) is 0 Å². The van der Waals surface area contributed by atoms with Crippen molar-refractivity contribution in [2.75, 3.05) is 23.7 Å². The number of nitrogens with two attached hydrogens (primary N) is 1. The summed E-state index contributed by atoms with van der Waals surface area (Å²) in [6, 6.07) is 5.78. The number of benzene rings is 1. The Bertz CT molecular complexity index is 467. The van der Waals surface area contributed by atoms with Crippen molar-refractivity contribution in [3.63, 3.8) is 0 Å². The summed E-state index contributed by atoms with van der Waals surface area (Å²) < 4.78 is 0.978. The third kappa shape index (κ3) is 2.92. The minimum absolute atomic E-state index is 0.129. The number of thioether (sulfide) groups is 1. The van der Waals surface area contributed by atoms with Crippen LogP contribution >= 0.6 is 27.7 Å². The summed E-state index contributed by atoms with van der Waals surface area (Å²) in [6.45, 7) is 4.35. The fourth-order valence-electron chi connectivity index (χ4n) is 2.02. The lowest BCUT2D eigenvalue weighted by Crippen LogP contribution is -2.36. The minimum atomic E-state index is 0.129. The van der Waals surface area contributed by atoms with E-state index in [-0.39, 0.29) is 5.84 Å². The van der Waals surface area contributed by atoms with Gasteiger partial charge in [0, 0.05) is 34.1 Å². The molecule has 1 aromatic rings. The molecule has 3 N–H and O–H groups in total. The van der Waals surface area contributed by atoms with Gasteiger partial charge in [0.1, 0.15) is 0 Å². The SMILES string of the molecule is CC1CN(c2ccc(/C(N)=N/O)cc2Br)CCS1. The van der Waals surface area contributed by atoms with Crippen molar-refractivity contribution in [2.45, 2.75) is 12.2 Å². The van der Waals surface area contributed by atoms with Crippen LogP contribution in [0, 0.1) is 0 Å². The van der Waals surface area contributed by atoms with E-state index in [9.17, 15) is 0 Å². The summed E-state index contributed by atoms with van der Waals surface area (Å²) in [7, 11) is 0. The molecule has 1 aliphatic rings. The second kappa shape index (κ2) is 5.84. The first-order valence-electron chi connectivity index (χ1n) is 5.76. The van der Waals surface area contributed by atoms with Crippen LogP contribution in [0.1, 0.15) is 12.5 Å². The molecule has 6 heteroatoms. The van der Waals surface area contributed by atoms with Crippen molar-refractivity contribution in [3.05, 3.63) is 28.2 Å². The largest absolute Gasteiger partial charge is 0.409 e. The van der Waals surface area contributed by atoms with Gasteiger partial charge in [-0.05, 0) is 34.1 Å². The van der Waals surface area contributed by atoms with Gasteiger partial charge in [0.15, 0.2) is 5.84 Å². The molecule has 4 nitrogen and oxygen atoms in total. The van der Waals surface area contributed by atoms with E-state index in [1.54, 1.807) is 0 Å². The maximum absolute atomic E-state index is 8.67. The van der Waals surface area contributed by atoms with Crippen LogP contribution in [0.2, 0.25) is 0 Å². The molecule has 1 aliphatic heterocycles. The number of oxime groups is 1. The predicted octanol–water partition coefficient (Wildman–Crippen LogP) is 2.49. The van der Waals surface area contributed by atoms with Gasteiger partial charge >= 0.3 is 0 Å². The third-order valence-electron chi connectivity index (χ3n) is 2.93.